The minimum atomic E-state index is -1.03. The fraction of sp³-hybridized carbons (Fsp3) is 0.471. The molecule has 134 valence electrons. The van der Waals surface area contributed by atoms with Crippen LogP contribution in [0.2, 0.25) is 0 Å². The lowest BCUT2D eigenvalue weighted by Crippen LogP contribution is -2.23. The molecule has 0 aromatic carbocycles. The summed E-state index contributed by atoms with van der Waals surface area (Å²) in [6.07, 6.45) is 7.06. The Bertz CT molecular complexity index is 745. The number of nitrogens with one attached hydrogen (secondary N) is 1. The average Bonchev–Trinajstić information content (AvgIpc) is 3.17. The quantitative estimate of drug-likeness (QED) is 0.599. The number of aromatic amines is 1. The topological polar surface area (TPSA) is 95.2 Å². The first kappa shape index (κ1) is 17.6. The van der Waals surface area contributed by atoms with E-state index in [4.69, 9.17) is 4.42 Å². The Morgan fingerprint density at radius 3 is 2.76 bits per heavy atom. The van der Waals surface area contributed by atoms with Crippen molar-refractivity contribution in [2.75, 3.05) is 18.0 Å². The number of aromatic nitrogens is 3. The molecule has 1 fully saturated rings. The molecule has 7 nitrogen and oxygen atoms in total. The van der Waals surface area contributed by atoms with E-state index >= 15 is 0 Å². The van der Waals surface area contributed by atoms with E-state index in [0.717, 1.165) is 55.8 Å². The van der Waals surface area contributed by atoms with Gasteiger partial charge in [-0.25, -0.2) is 9.78 Å². The number of nitrogens with zero attached hydrogens (tertiary/aromatic N) is 3. The molecule has 0 atom stereocenters. The second-order valence-electron chi connectivity index (χ2n) is 5.91. The van der Waals surface area contributed by atoms with E-state index in [-0.39, 0.29) is 4.91 Å². The molecule has 2 aromatic rings. The van der Waals surface area contributed by atoms with Crippen molar-refractivity contribution in [2.45, 2.75) is 44.2 Å². The van der Waals surface area contributed by atoms with Crippen LogP contribution in [0, 0.1) is 0 Å². The van der Waals surface area contributed by atoms with Crippen molar-refractivity contribution in [3.63, 3.8) is 0 Å². The van der Waals surface area contributed by atoms with Crippen molar-refractivity contribution in [3.8, 4) is 0 Å². The van der Waals surface area contributed by atoms with Crippen molar-refractivity contribution in [1.29, 1.82) is 0 Å². The number of furan rings is 1. The molecule has 0 radical (unpaired) electrons. The van der Waals surface area contributed by atoms with Crippen molar-refractivity contribution < 1.29 is 14.3 Å². The molecule has 3 heterocycles. The zero-order chi connectivity index (χ0) is 17.6. The Kier molecular flexibility index (Phi) is 5.80. The lowest BCUT2D eigenvalue weighted by molar-refractivity contribution is -0.131. The van der Waals surface area contributed by atoms with Crippen molar-refractivity contribution in [1.82, 2.24) is 15.2 Å². The minimum absolute atomic E-state index is 0.124. The number of hydrogen-bond acceptors (Lipinski definition) is 6. The molecule has 2 N–H and O–H groups in total. The summed E-state index contributed by atoms with van der Waals surface area (Å²) in [5.74, 6) is 1.03. The number of anilines is 1. The van der Waals surface area contributed by atoms with Crippen LogP contribution < -0.4 is 4.90 Å². The Morgan fingerprint density at radius 2 is 2.12 bits per heavy atom. The summed E-state index contributed by atoms with van der Waals surface area (Å²) in [4.78, 5) is 18.1. The third kappa shape index (κ3) is 4.66. The molecule has 8 heteroatoms. The zero-order valence-corrected chi connectivity index (χ0v) is 15.0. The van der Waals surface area contributed by atoms with E-state index in [2.05, 4.69) is 20.1 Å². The Balaban J connectivity index is 1.75. The largest absolute Gasteiger partial charge is 0.477 e. The van der Waals surface area contributed by atoms with E-state index in [0.29, 0.717) is 10.9 Å². The van der Waals surface area contributed by atoms with Crippen LogP contribution in [0.3, 0.4) is 0 Å². The van der Waals surface area contributed by atoms with Gasteiger partial charge in [0.25, 0.3) is 0 Å². The number of thioether (sulfide) groups is 1. The normalized spacial score (nSPS) is 16.0. The maximum absolute atomic E-state index is 11.5. The second-order valence-corrected chi connectivity index (χ2v) is 6.92. The zero-order valence-electron chi connectivity index (χ0n) is 14.2. The number of aliphatic carboxylic acids is 1. The van der Waals surface area contributed by atoms with Gasteiger partial charge in [-0.2, -0.15) is 0 Å². The average molecular weight is 362 g/mol. The van der Waals surface area contributed by atoms with E-state index in [1.807, 2.05) is 13.0 Å². The molecule has 2 aromatic heterocycles. The summed E-state index contributed by atoms with van der Waals surface area (Å²) in [6.45, 7) is 3.92. The highest BCUT2D eigenvalue weighted by Gasteiger charge is 2.16. The van der Waals surface area contributed by atoms with E-state index in [1.54, 1.807) is 6.07 Å². The lowest BCUT2D eigenvalue weighted by Gasteiger charge is -2.18. The smallest absolute Gasteiger partial charge is 0.342 e. The third-order valence-corrected chi connectivity index (χ3v) is 4.94. The number of H-pyrrole nitrogens is 1. The van der Waals surface area contributed by atoms with Gasteiger partial charge in [-0.05, 0) is 30.7 Å². The molecule has 1 aliphatic rings. The summed E-state index contributed by atoms with van der Waals surface area (Å²) in [7, 11) is 0. The van der Waals surface area contributed by atoms with Crippen LogP contribution in [-0.4, -0.2) is 39.3 Å². The third-order valence-electron chi connectivity index (χ3n) is 4.06. The van der Waals surface area contributed by atoms with Crippen LogP contribution in [-0.2, 0) is 11.2 Å². The fourth-order valence-corrected chi connectivity index (χ4v) is 3.43. The Labute approximate surface area is 150 Å². The highest BCUT2D eigenvalue weighted by atomic mass is 32.2. The number of aryl methyl sites for hydroxylation is 1. The van der Waals surface area contributed by atoms with Gasteiger partial charge in [0.2, 0.25) is 5.16 Å². The molecular formula is C17H22N4O3S. The molecule has 3 rings (SSSR count). The molecule has 25 heavy (non-hydrogen) atoms. The van der Waals surface area contributed by atoms with Gasteiger partial charge in [0.05, 0.1) is 0 Å². The Morgan fingerprint density at radius 1 is 1.36 bits per heavy atom. The van der Waals surface area contributed by atoms with Gasteiger partial charge in [0.1, 0.15) is 16.5 Å². The molecule has 0 unspecified atom stereocenters. The highest BCUT2D eigenvalue weighted by molar-refractivity contribution is 8.04. The summed E-state index contributed by atoms with van der Waals surface area (Å²) in [5.41, 5.74) is 0. The number of carbonyl (C=O) groups is 1. The predicted octanol–water partition coefficient (Wildman–Crippen LogP) is 3.56. The molecule has 1 aliphatic heterocycles. The van der Waals surface area contributed by atoms with E-state index < -0.39 is 5.97 Å². The SMILES string of the molecule is CCc1nc(S/C(=C\c2ccc(N3CCCCCC3)o2)C(=O)O)n[nH]1. The minimum Gasteiger partial charge on any atom is -0.477 e. The molecule has 0 spiro atoms. The summed E-state index contributed by atoms with van der Waals surface area (Å²) in [5, 5.41) is 16.6. The van der Waals surface area contributed by atoms with E-state index in [9.17, 15) is 9.90 Å². The van der Waals surface area contributed by atoms with Crippen LogP contribution in [0.5, 0.6) is 0 Å². The van der Waals surface area contributed by atoms with Crippen molar-refractivity contribution >= 4 is 29.7 Å². The number of carboxylic acid groups (broad SMARTS) is 1. The number of hydrogen-bond donors (Lipinski definition) is 2. The lowest BCUT2D eigenvalue weighted by atomic mass is 10.2. The van der Waals surface area contributed by atoms with Gasteiger partial charge in [-0.3, -0.25) is 5.10 Å². The van der Waals surface area contributed by atoms with E-state index in [1.165, 1.54) is 18.9 Å². The van der Waals surface area contributed by atoms with Gasteiger partial charge in [-0.1, -0.05) is 19.8 Å². The van der Waals surface area contributed by atoms with Crippen LogP contribution in [0.15, 0.2) is 26.6 Å². The Hall–Kier alpha value is -2.22. The van der Waals surface area contributed by atoms with Gasteiger partial charge in [0, 0.05) is 31.7 Å². The van der Waals surface area contributed by atoms with Crippen LogP contribution in [0.4, 0.5) is 5.88 Å². The van der Waals surface area contributed by atoms with Crippen LogP contribution >= 0.6 is 11.8 Å². The highest BCUT2D eigenvalue weighted by Crippen LogP contribution is 2.28. The maximum atomic E-state index is 11.5. The summed E-state index contributed by atoms with van der Waals surface area (Å²) >= 11 is 1.01. The van der Waals surface area contributed by atoms with Gasteiger partial charge < -0.3 is 14.4 Å². The van der Waals surface area contributed by atoms with Gasteiger partial charge in [0.15, 0.2) is 5.88 Å². The molecule has 0 bridgehead atoms. The van der Waals surface area contributed by atoms with Crippen LogP contribution in [0.1, 0.15) is 44.2 Å². The van der Waals surface area contributed by atoms with Crippen LogP contribution in [0.25, 0.3) is 6.08 Å². The first-order valence-corrected chi connectivity index (χ1v) is 9.36. The number of rotatable bonds is 6. The molecule has 0 amide bonds. The van der Waals surface area contributed by atoms with Gasteiger partial charge in [-0.15, -0.1) is 5.10 Å². The second kappa shape index (κ2) is 8.24. The van der Waals surface area contributed by atoms with Crippen molar-refractivity contribution in [3.05, 3.63) is 28.6 Å². The number of carboxylic acids is 1. The molecule has 0 aliphatic carbocycles. The predicted molar refractivity (Wildman–Crippen MR) is 96.6 cm³/mol. The molecule has 0 saturated carbocycles. The standard InChI is InChI=1S/C17H22N4O3S/c1-2-14-18-17(20-19-14)25-13(16(22)23)11-12-7-8-15(24-12)21-9-5-3-4-6-10-21/h7-8,11H,2-6,9-10H2,1H3,(H,22,23)(H,18,19,20)/b13-11-. The maximum Gasteiger partial charge on any atom is 0.342 e. The summed E-state index contributed by atoms with van der Waals surface area (Å²) in [6, 6.07) is 3.71. The fourth-order valence-electron chi connectivity index (χ4n) is 2.72. The van der Waals surface area contributed by atoms with Gasteiger partial charge >= 0.3 is 5.97 Å². The monoisotopic (exact) mass is 362 g/mol. The first-order chi connectivity index (χ1) is 12.2. The first-order valence-electron chi connectivity index (χ1n) is 8.54. The summed E-state index contributed by atoms with van der Waals surface area (Å²) < 4.78 is 5.85. The molecule has 1 saturated heterocycles. The molecular weight excluding hydrogens is 340 g/mol. The van der Waals surface area contributed by atoms with Crippen molar-refractivity contribution in [2.24, 2.45) is 0 Å².